The van der Waals surface area contributed by atoms with E-state index in [1.165, 1.54) is 42.6 Å². The highest BCUT2D eigenvalue weighted by Gasteiger charge is 2.26. The van der Waals surface area contributed by atoms with Crippen LogP contribution in [0.25, 0.3) is 10.2 Å². The molecule has 4 rings (SSSR count). The van der Waals surface area contributed by atoms with Crippen molar-refractivity contribution in [2.24, 2.45) is 0 Å². The van der Waals surface area contributed by atoms with Crippen molar-refractivity contribution in [3.8, 4) is 0 Å². The lowest BCUT2D eigenvalue weighted by molar-refractivity contribution is 0.0747. The van der Waals surface area contributed by atoms with Gasteiger partial charge in [-0.2, -0.15) is 0 Å². The Labute approximate surface area is 185 Å². The molecule has 0 aromatic carbocycles. The van der Waals surface area contributed by atoms with Gasteiger partial charge in [0.2, 0.25) is 0 Å². The number of thiazole rings is 1. The maximum atomic E-state index is 13.2. The van der Waals surface area contributed by atoms with E-state index in [2.05, 4.69) is 26.3 Å². The number of anilines is 1. The van der Waals surface area contributed by atoms with Crippen LogP contribution in [0.15, 0.2) is 29.6 Å². The molecule has 0 saturated carbocycles. The lowest BCUT2D eigenvalue weighted by Gasteiger charge is -2.23. The zero-order chi connectivity index (χ0) is 21.1. The molecule has 0 radical (unpaired) electrons. The lowest BCUT2D eigenvalue weighted by Crippen LogP contribution is -2.29. The van der Waals surface area contributed by atoms with Crippen molar-refractivity contribution in [1.29, 1.82) is 0 Å². The molecule has 1 amide bonds. The van der Waals surface area contributed by atoms with Crippen molar-refractivity contribution >= 4 is 44.6 Å². The van der Waals surface area contributed by atoms with E-state index in [1.807, 2.05) is 26.3 Å². The molecule has 3 aromatic rings. The molecular formula is C22H27N5OS2. The number of aryl methyl sites for hydroxylation is 1. The summed E-state index contributed by atoms with van der Waals surface area (Å²) in [7, 11) is 1.83. The number of fused-ring (bicyclic) bond motifs is 1. The van der Waals surface area contributed by atoms with Crippen molar-refractivity contribution in [2.75, 3.05) is 18.9 Å². The maximum absolute atomic E-state index is 13.2. The van der Waals surface area contributed by atoms with Crippen molar-refractivity contribution < 1.29 is 4.79 Å². The third-order valence-electron chi connectivity index (χ3n) is 5.75. The van der Waals surface area contributed by atoms with Gasteiger partial charge in [0.1, 0.15) is 22.0 Å². The van der Waals surface area contributed by atoms with Gasteiger partial charge < -0.3 is 10.2 Å². The van der Waals surface area contributed by atoms with Gasteiger partial charge in [-0.25, -0.2) is 15.0 Å². The van der Waals surface area contributed by atoms with Gasteiger partial charge in [-0.1, -0.05) is 11.6 Å². The van der Waals surface area contributed by atoms with Crippen LogP contribution in [0.1, 0.15) is 65.3 Å². The Morgan fingerprint density at radius 1 is 1.30 bits per heavy atom. The third kappa shape index (κ3) is 4.25. The summed E-state index contributed by atoms with van der Waals surface area (Å²) in [6.07, 6.45) is 11.8. The highest BCUT2D eigenvalue weighted by molar-refractivity contribution is 7.20. The van der Waals surface area contributed by atoms with E-state index in [9.17, 15) is 4.79 Å². The number of nitrogens with one attached hydrogen (secondary N) is 1. The zero-order valence-electron chi connectivity index (χ0n) is 17.6. The standard InChI is InChI=1S/C22H27N5OS2/c1-14-17-19(23-10-9-16-7-5-4-6-8-16)25-13-26-21(17)30-18(14)22(28)27(3)15(2)20-24-11-12-29-20/h7,11-13,15H,4-6,8-10H2,1-3H3,(H,23,25,26)/t15-/m1/s1. The molecule has 158 valence electrons. The molecule has 3 heterocycles. The Bertz CT molecular complexity index is 1060. The maximum Gasteiger partial charge on any atom is 0.264 e. The summed E-state index contributed by atoms with van der Waals surface area (Å²) in [4.78, 5) is 29.8. The average Bonchev–Trinajstić information content (AvgIpc) is 3.42. The first-order valence-electron chi connectivity index (χ1n) is 10.4. The van der Waals surface area contributed by atoms with Crippen molar-refractivity contribution in [3.63, 3.8) is 0 Å². The molecule has 0 bridgehead atoms. The fraction of sp³-hybridized carbons (Fsp3) is 0.455. The van der Waals surface area contributed by atoms with Gasteiger partial charge in [-0.05, 0) is 51.5 Å². The van der Waals surface area contributed by atoms with Crippen molar-refractivity contribution in [1.82, 2.24) is 19.9 Å². The highest BCUT2D eigenvalue weighted by Crippen LogP contribution is 2.35. The van der Waals surface area contributed by atoms with E-state index in [0.717, 1.165) is 44.4 Å². The van der Waals surface area contributed by atoms with E-state index in [1.54, 1.807) is 28.8 Å². The predicted molar refractivity (Wildman–Crippen MR) is 124 cm³/mol. The molecule has 6 nitrogen and oxygen atoms in total. The topological polar surface area (TPSA) is 71.0 Å². The van der Waals surface area contributed by atoms with Crippen LogP contribution in [0.3, 0.4) is 0 Å². The quantitative estimate of drug-likeness (QED) is 0.484. The molecule has 0 aliphatic heterocycles. The molecule has 0 fully saturated rings. The van der Waals surface area contributed by atoms with Crippen LogP contribution in [0.2, 0.25) is 0 Å². The average molecular weight is 442 g/mol. The van der Waals surface area contributed by atoms with Crippen LogP contribution in [-0.4, -0.2) is 39.4 Å². The molecular weight excluding hydrogens is 414 g/mol. The monoisotopic (exact) mass is 441 g/mol. The van der Waals surface area contributed by atoms with Gasteiger partial charge in [-0.3, -0.25) is 4.79 Å². The molecule has 1 aliphatic carbocycles. The minimum Gasteiger partial charge on any atom is -0.369 e. The number of hydrogen-bond donors (Lipinski definition) is 1. The minimum atomic E-state index is -0.0745. The van der Waals surface area contributed by atoms with Gasteiger partial charge in [0.25, 0.3) is 5.91 Å². The molecule has 0 spiro atoms. The summed E-state index contributed by atoms with van der Waals surface area (Å²) in [5.41, 5.74) is 2.48. The molecule has 30 heavy (non-hydrogen) atoms. The van der Waals surface area contributed by atoms with Crippen LogP contribution in [-0.2, 0) is 0 Å². The van der Waals surface area contributed by atoms with Gasteiger partial charge in [-0.15, -0.1) is 22.7 Å². The molecule has 0 saturated heterocycles. The van der Waals surface area contributed by atoms with Crippen molar-refractivity contribution in [2.45, 2.75) is 52.0 Å². The van der Waals surface area contributed by atoms with Gasteiger partial charge in [0.05, 0.1) is 16.3 Å². The van der Waals surface area contributed by atoms with E-state index in [4.69, 9.17) is 0 Å². The molecule has 1 N–H and O–H groups in total. The Balaban J connectivity index is 1.54. The summed E-state index contributed by atoms with van der Waals surface area (Å²) >= 11 is 3.01. The summed E-state index contributed by atoms with van der Waals surface area (Å²) in [6.45, 7) is 4.84. The summed E-state index contributed by atoms with van der Waals surface area (Å²) in [5, 5.41) is 7.31. The van der Waals surface area contributed by atoms with E-state index < -0.39 is 0 Å². The summed E-state index contributed by atoms with van der Waals surface area (Å²) in [6, 6.07) is -0.0745. The molecule has 1 atom stereocenters. The Morgan fingerprint density at radius 3 is 2.90 bits per heavy atom. The minimum absolute atomic E-state index is 0.00323. The van der Waals surface area contributed by atoms with Crippen LogP contribution in [0, 0.1) is 6.92 Å². The SMILES string of the molecule is Cc1c(C(=O)N(C)[C@H](C)c2nccs2)sc2ncnc(NCCC3=CCCCC3)c12. The Hall–Kier alpha value is -2.32. The van der Waals surface area contributed by atoms with E-state index in [0.29, 0.717) is 0 Å². The second-order valence-electron chi connectivity index (χ2n) is 7.71. The number of rotatable bonds is 7. The number of amides is 1. The molecule has 3 aromatic heterocycles. The number of aromatic nitrogens is 3. The number of carbonyl (C=O) groups excluding carboxylic acids is 1. The molecule has 1 aliphatic rings. The second kappa shape index (κ2) is 9.22. The number of thiophene rings is 1. The second-order valence-corrected chi connectivity index (χ2v) is 9.63. The van der Waals surface area contributed by atoms with E-state index >= 15 is 0 Å². The first kappa shape index (κ1) is 20.9. The van der Waals surface area contributed by atoms with Crippen molar-refractivity contribution in [3.05, 3.63) is 45.0 Å². The lowest BCUT2D eigenvalue weighted by atomic mass is 9.97. The first-order chi connectivity index (χ1) is 14.6. The smallest absolute Gasteiger partial charge is 0.264 e. The number of carbonyl (C=O) groups is 1. The number of allylic oxidation sites excluding steroid dienone is 1. The predicted octanol–water partition coefficient (Wildman–Crippen LogP) is 5.59. The fourth-order valence-electron chi connectivity index (χ4n) is 3.83. The van der Waals surface area contributed by atoms with E-state index in [-0.39, 0.29) is 11.9 Å². The van der Waals surface area contributed by atoms with Gasteiger partial charge in [0.15, 0.2) is 0 Å². The first-order valence-corrected chi connectivity index (χ1v) is 12.1. The van der Waals surface area contributed by atoms with Gasteiger partial charge in [0, 0.05) is 25.2 Å². The number of hydrogen-bond acceptors (Lipinski definition) is 7. The normalized spacial score (nSPS) is 15.1. The zero-order valence-corrected chi connectivity index (χ0v) is 19.3. The van der Waals surface area contributed by atoms with Crippen LogP contribution < -0.4 is 5.32 Å². The van der Waals surface area contributed by atoms with Crippen LogP contribution >= 0.6 is 22.7 Å². The van der Waals surface area contributed by atoms with Crippen LogP contribution in [0.5, 0.6) is 0 Å². The Kier molecular flexibility index (Phi) is 6.43. The van der Waals surface area contributed by atoms with Gasteiger partial charge >= 0.3 is 0 Å². The van der Waals surface area contributed by atoms with Crippen LogP contribution in [0.4, 0.5) is 5.82 Å². The fourth-order valence-corrected chi connectivity index (χ4v) is 5.69. The third-order valence-corrected chi connectivity index (χ3v) is 7.89. The molecule has 8 heteroatoms. The molecule has 0 unspecified atom stereocenters. The Morgan fingerprint density at radius 2 is 2.17 bits per heavy atom. The number of nitrogens with zero attached hydrogens (tertiary/aromatic N) is 4. The summed E-state index contributed by atoms with van der Waals surface area (Å²) < 4.78 is 0. The highest BCUT2D eigenvalue weighted by atomic mass is 32.1. The summed E-state index contributed by atoms with van der Waals surface area (Å²) in [5.74, 6) is 0.816. The largest absolute Gasteiger partial charge is 0.369 e.